The molecule has 1 aromatic carbocycles. The summed E-state index contributed by atoms with van der Waals surface area (Å²) in [7, 11) is 0. The van der Waals surface area contributed by atoms with Crippen molar-refractivity contribution in [3.05, 3.63) is 53.5 Å². The molecule has 0 unspecified atom stereocenters. The molecule has 17 heavy (non-hydrogen) atoms. The van der Waals surface area contributed by atoms with Crippen LogP contribution in [0.5, 0.6) is 0 Å². The van der Waals surface area contributed by atoms with Crippen molar-refractivity contribution in [2.45, 2.75) is 17.6 Å². The van der Waals surface area contributed by atoms with Crippen molar-refractivity contribution in [2.75, 3.05) is 0 Å². The number of furan rings is 1. The zero-order valence-corrected chi connectivity index (χ0v) is 10.2. The Kier molecular flexibility index (Phi) is 3.54. The Morgan fingerprint density at radius 2 is 2.12 bits per heavy atom. The molecule has 3 nitrogen and oxygen atoms in total. The van der Waals surface area contributed by atoms with Crippen LogP contribution in [-0.2, 0) is 5.75 Å². The topological polar surface area (TPSA) is 50.4 Å². The summed E-state index contributed by atoms with van der Waals surface area (Å²) in [6.07, 6.45) is 1.41. The van der Waals surface area contributed by atoms with Crippen LogP contribution in [0.25, 0.3) is 0 Å². The van der Waals surface area contributed by atoms with Crippen LogP contribution < -0.4 is 0 Å². The van der Waals surface area contributed by atoms with Gasteiger partial charge in [-0.1, -0.05) is 18.2 Å². The predicted octanol–water partition coefficient (Wildman–Crippen LogP) is 3.58. The normalized spacial score (nSPS) is 10.4. The third kappa shape index (κ3) is 2.71. The summed E-state index contributed by atoms with van der Waals surface area (Å²) in [5.41, 5.74) is 1.42. The number of thioether (sulfide) groups is 1. The molecule has 88 valence electrons. The fourth-order valence-corrected chi connectivity index (χ4v) is 2.49. The molecule has 0 saturated carbocycles. The van der Waals surface area contributed by atoms with Crippen molar-refractivity contribution < 1.29 is 14.3 Å². The van der Waals surface area contributed by atoms with E-state index in [1.165, 1.54) is 17.9 Å². The van der Waals surface area contributed by atoms with Crippen molar-refractivity contribution in [1.29, 1.82) is 0 Å². The van der Waals surface area contributed by atoms with Gasteiger partial charge in [0.2, 0.25) is 0 Å². The fourth-order valence-electron chi connectivity index (χ4n) is 1.50. The first-order valence-corrected chi connectivity index (χ1v) is 6.15. The molecule has 0 fully saturated rings. The van der Waals surface area contributed by atoms with Gasteiger partial charge in [-0.15, -0.1) is 11.8 Å². The van der Waals surface area contributed by atoms with E-state index in [2.05, 4.69) is 0 Å². The van der Waals surface area contributed by atoms with E-state index in [4.69, 9.17) is 9.52 Å². The molecule has 0 aliphatic rings. The smallest absolute Gasteiger partial charge is 0.339 e. The molecule has 1 aromatic heterocycles. The van der Waals surface area contributed by atoms with Gasteiger partial charge in [-0.3, -0.25) is 0 Å². The zero-order chi connectivity index (χ0) is 12.3. The molecule has 1 heterocycles. The van der Waals surface area contributed by atoms with Crippen molar-refractivity contribution in [3.8, 4) is 0 Å². The van der Waals surface area contributed by atoms with Gasteiger partial charge in [0.25, 0.3) is 0 Å². The van der Waals surface area contributed by atoms with Gasteiger partial charge in [-0.25, -0.2) is 4.79 Å². The number of aromatic carboxylic acids is 1. The summed E-state index contributed by atoms with van der Waals surface area (Å²) < 4.78 is 5.19. The lowest BCUT2D eigenvalue weighted by atomic mass is 10.2. The van der Waals surface area contributed by atoms with Gasteiger partial charge in [-0.2, -0.15) is 0 Å². The minimum atomic E-state index is -0.945. The molecule has 2 aromatic rings. The molecule has 0 saturated heterocycles. The van der Waals surface area contributed by atoms with Gasteiger partial charge in [0.1, 0.15) is 11.3 Å². The highest BCUT2D eigenvalue weighted by atomic mass is 32.2. The Bertz CT molecular complexity index is 531. The Morgan fingerprint density at radius 3 is 2.82 bits per heavy atom. The van der Waals surface area contributed by atoms with E-state index in [0.717, 1.165) is 4.90 Å². The molecule has 0 atom stereocenters. The molecule has 4 heteroatoms. The molecule has 0 bridgehead atoms. The summed E-state index contributed by atoms with van der Waals surface area (Å²) >= 11 is 1.58. The van der Waals surface area contributed by atoms with E-state index in [1.807, 2.05) is 31.2 Å². The number of carbonyl (C=O) groups is 1. The number of rotatable bonds is 4. The Balaban J connectivity index is 2.10. The van der Waals surface area contributed by atoms with Gasteiger partial charge in [0.15, 0.2) is 0 Å². The highest BCUT2D eigenvalue weighted by Crippen LogP contribution is 2.27. The molecule has 0 amide bonds. The minimum Gasteiger partial charge on any atom is -0.478 e. The third-order valence-corrected chi connectivity index (χ3v) is 3.60. The highest BCUT2D eigenvalue weighted by Gasteiger charge is 2.13. The third-order valence-electron chi connectivity index (χ3n) is 2.43. The monoisotopic (exact) mass is 248 g/mol. The predicted molar refractivity (Wildman–Crippen MR) is 66.4 cm³/mol. The molecule has 1 N–H and O–H groups in total. The van der Waals surface area contributed by atoms with Gasteiger partial charge in [0.05, 0.1) is 12.0 Å². The zero-order valence-electron chi connectivity index (χ0n) is 9.34. The van der Waals surface area contributed by atoms with E-state index in [0.29, 0.717) is 11.5 Å². The molecule has 0 radical (unpaired) electrons. The number of hydrogen-bond acceptors (Lipinski definition) is 3. The van der Waals surface area contributed by atoms with Crippen LogP contribution in [0.4, 0.5) is 0 Å². The van der Waals surface area contributed by atoms with Gasteiger partial charge >= 0.3 is 5.97 Å². The summed E-state index contributed by atoms with van der Waals surface area (Å²) in [5.74, 6) is 0.0873. The van der Waals surface area contributed by atoms with Crippen LogP contribution >= 0.6 is 11.8 Å². The maximum absolute atomic E-state index is 10.9. The second-order valence-electron chi connectivity index (χ2n) is 3.62. The van der Waals surface area contributed by atoms with Gasteiger partial charge in [0, 0.05) is 4.90 Å². The van der Waals surface area contributed by atoms with Crippen LogP contribution in [0, 0.1) is 6.92 Å². The molecule has 0 aliphatic heterocycles. The standard InChI is InChI=1S/C13H12O3S/c1-9-4-2-3-5-12(9)17-8-11-10(13(14)15)6-7-16-11/h2-7H,8H2,1H3,(H,14,15). The Labute approximate surface area is 103 Å². The first-order valence-electron chi connectivity index (χ1n) is 5.16. The number of carboxylic acids is 1. The van der Waals surface area contributed by atoms with Crippen molar-refractivity contribution in [2.24, 2.45) is 0 Å². The maximum atomic E-state index is 10.9. The van der Waals surface area contributed by atoms with E-state index < -0.39 is 5.97 Å². The van der Waals surface area contributed by atoms with E-state index in [-0.39, 0.29) is 5.56 Å². The van der Waals surface area contributed by atoms with Crippen LogP contribution in [0.3, 0.4) is 0 Å². The fraction of sp³-hybridized carbons (Fsp3) is 0.154. The first-order chi connectivity index (χ1) is 8.18. The summed E-state index contributed by atoms with van der Waals surface area (Å²) in [6, 6.07) is 9.48. The summed E-state index contributed by atoms with van der Waals surface area (Å²) in [4.78, 5) is 12.0. The van der Waals surface area contributed by atoms with Crippen LogP contribution in [0.15, 0.2) is 45.9 Å². The molecule has 0 aliphatic carbocycles. The van der Waals surface area contributed by atoms with Crippen molar-refractivity contribution in [3.63, 3.8) is 0 Å². The largest absolute Gasteiger partial charge is 0.478 e. The number of benzene rings is 1. The van der Waals surface area contributed by atoms with E-state index in [9.17, 15) is 4.79 Å². The Morgan fingerprint density at radius 1 is 1.35 bits per heavy atom. The second-order valence-corrected chi connectivity index (χ2v) is 4.63. The van der Waals surface area contributed by atoms with Crippen molar-refractivity contribution >= 4 is 17.7 Å². The van der Waals surface area contributed by atoms with Crippen LogP contribution in [0.1, 0.15) is 21.7 Å². The summed E-state index contributed by atoms with van der Waals surface area (Å²) in [5, 5.41) is 8.94. The number of aryl methyl sites for hydroxylation is 1. The lowest BCUT2D eigenvalue weighted by Gasteiger charge is -2.03. The molecule has 2 rings (SSSR count). The van der Waals surface area contributed by atoms with Gasteiger partial charge < -0.3 is 9.52 Å². The number of carboxylic acid groups (broad SMARTS) is 1. The van der Waals surface area contributed by atoms with Crippen LogP contribution in [-0.4, -0.2) is 11.1 Å². The Hall–Kier alpha value is -1.68. The first kappa shape index (κ1) is 11.8. The average molecular weight is 248 g/mol. The van der Waals surface area contributed by atoms with E-state index in [1.54, 1.807) is 11.8 Å². The lowest BCUT2D eigenvalue weighted by Crippen LogP contribution is -1.97. The quantitative estimate of drug-likeness (QED) is 0.840. The SMILES string of the molecule is Cc1ccccc1SCc1occc1C(=O)O. The van der Waals surface area contributed by atoms with Crippen LogP contribution in [0.2, 0.25) is 0 Å². The minimum absolute atomic E-state index is 0.242. The maximum Gasteiger partial charge on any atom is 0.339 e. The van der Waals surface area contributed by atoms with Crippen molar-refractivity contribution in [1.82, 2.24) is 0 Å². The lowest BCUT2D eigenvalue weighted by molar-refractivity contribution is 0.0695. The molecular formula is C13H12O3S. The number of hydrogen-bond donors (Lipinski definition) is 1. The highest BCUT2D eigenvalue weighted by molar-refractivity contribution is 7.98. The molecule has 0 spiro atoms. The molecular weight excluding hydrogens is 236 g/mol. The summed E-state index contributed by atoms with van der Waals surface area (Å²) in [6.45, 7) is 2.03. The van der Waals surface area contributed by atoms with E-state index >= 15 is 0 Å². The second kappa shape index (κ2) is 5.10. The average Bonchev–Trinajstić information content (AvgIpc) is 2.76. The van der Waals surface area contributed by atoms with Gasteiger partial charge in [-0.05, 0) is 24.6 Å².